The fourth-order valence-electron chi connectivity index (χ4n) is 3.41. The number of piperidine rings is 1. The number of hydrogen-bond donors (Lipinski definition) is 0. The Bertz CT molecular complexity index is 551. The highest BCUT2D eigenvalue weighted by Crippen LogP contribution is 2.32. The van der Waals surface area contributed by atoms with Crippen LogP contribution in [0.4, 0.5) is 0 Å². The monoisotopic (exact) mass is 286 g/mol. The molecule has 0 spiro atoms. The average Bonchev–Trinajstić information content (AvgIpc) is 2.76. The third-order valence-electron chi connectivity index (χ3n) is 4.93. The number of rotatable bonds is 1. The van der Waals surface area contributed by atoms with Gasteiger partial charge in [0.05, 0.1) is 0 Å². The van der Waals surface area contributed by atoms with Gasteiger partial charge in [0, 0.05) is 18.2 Å². The average molecular weight is 286 g/mol. The first-order chi connectivity index (χ1) is 9.86. The molecule has 0 radical (unpaired) electrons. The van der Waals surface area contributed by atoms with Gasteiger partial charge in [0.15, 0.2) is 0 Å². The summed E-state index contributed by atoms with van der Waals surface area (Å²) in [5, 5.41) is 0. The Morgan fingerprint density at radius 2 is 1.81 bits per heavy atom. The summed E-state index contributed by atoms with van der Waals surface area (Å²) in [7, 11) is 2.16. The Kier molecular flexibility index (Phi) is 3.56. The Hall–Kier alpha value is -1.35. The van der Waals surface area contributed by atoms with E-state index in [9.17, 15) is 4.79 Å². The van der Waals surface area contributed by atoms with E-state index in [0.717, 1.165) is 38.0 Å². The van der Waals surface area contributed by atoms with E-state index in [0.29, 0.717) is 6.04 Å². The molecule has 1 fully saturated rings. The summed E-state index contributed by atoms with van der Waals surface area (Å²) in [4.78, 5) is 17.1. The van der Waals surface area contributed by atoms with Crippen LogP contribution in [0.2, 0.25) is 0 Å². The van der Waals surface area contributed by atoms with Gasteiger partial charge >= 0.3 is 0 Å². The van der Waals surface area contributed by atoms with Crippen molar-refractivity contribution >= 4 is 5.91 Å². The molecular formula is C18H26N2O. The van der Waals surface area contributed by atoms with Gasteiger partial charge in [-0.05, 0) is 55.6 Å². The molecule has 1 aromatic carbocycles. The van der Waals surface area contributed by atoms with E-state index in [1.54, 1.807) is 0 Å². The second kappa shape index (κ2) is 5.13. The lowest BCUT2D eigenvalue weighted by atomic mass is 9.85. The van der Waals surface area contributed by atoms with Crippen LogP contribution < -0.4 is 0 Å². The van der Waals surface area contributed by atoms with Crippen LogP contribution in [0, 0.1) is 0 Å². The Morgan fingerprint density at radius 3 is 2.43 bits per heavy atom. The summed E-state index contributed by atoms with van der Waals surface area (Å²) in [6.45, 7) is 9.66. The zero-order chi connectivity index (χ0) is 15.2. The Labute approximate surface area is 127 Å². The van der Waals surface area contributed by atoms with Crippen LogP contribution in [0.1, 0.15) is 55.1 Å². The number of fused-ring (bicyclic) bond motifs is 1. The SMILES string of the molecule is CN1CCC(N2Cc3cc(C(C)(C)C)ccc3C2=O)CC1. The zero-order valence-corrected chi connectivity index (χ0v) is 13.6. The molecule has 21 heavy (non-hydrogen) atoms. The van der Waals surface area contributed by atoms with Crippen molar-refractivity contribution in [3.8, 4) is 0 Å². The Balaban J connectivity index is 1.82. The van der Waals surface area contributed by atoms with Crippen LogP contribution in [-0.2, 0) is 12.0 Å². The number of carbonyl (C=O) groups is 1. The standard InChI is InChI=1S/C18H26N2O/c1-18(2,3)14-5-6-16-13(11-14)12-20(17(16)21)15-7-9-19(4)10-8-15/h5-6,11,15H,7-10,12H2,1-4H3. The third-order valence-corrected chi connectivity index (χ3v) is 4.93. The van der Waals surface area contributed by atoms with Gasteiger partial charge in [-0.3, -0.25) is 4.79 Å². The molecule has 0 unspecified atom stereocenters. The molecule has 3 rings (SSSR count). The molecule has 0 saturated carbocycles. The number of likely N-dealkylation sites (tertiary alicyclic amines) is 1. The van der Waals surface area contributed by atoms with Crippen LogP contribution in [0.25, 0.3) is 0 Å². The summed E-state index contributed by atoms with van der Waals surface area (Å²) in [5.74, 6) is 0.236. The van der Waals surface area contributed by atoms with Gasteiger partial charge in [0.25, 0.3) is 5.91 Å². The summed E-state index contributed by atoms with van der Waals surface area (Å²) in [6.07, 6.45) is 2.20. The zero-order valence-electron chi connectivity index (χ0n) is 13.6. The molecule has 3 nitrogen and oxygen atoms in total. The summed E-state index contributed by atoms with van der Waals surface area (Å²) in [6, 6.07) is 6.81. The number of nitrogens with zero attached hydrogens (tertiary/aromatic N) is 2. The van der Waals surface area contributed by atoms with E-state index < -0.39 is 0 Å². The van der Waals surface area contributed by atoms with Crippen molar-refractivity contribution in [3.05, 3.63) is 34.9 Å². The quantitative estimate of drug-likeness (QED) is 0.792. The van der Waals surface area contributed by atoms with E-state index in [1.807, 2.05) is 6.07 Å². The van der Waals surface area contributed by atoms with Gasteiger partial charge in [0.1, 0.15) is 0 Å². The topological polar surface area (TPSA) is 23.6 Å². The molecule has 2 aliphatic heterocycles. The summed E-state index contributed by atoms with van der Waals surface area (Å²) >= 11 is 0. The molecule has 2 aliphatic rings. The minimum atomic E-state index is 0.138. The van der Waals surface area contributed by atoms with Crippen molar-refractivity contribution in [2.45, 2.75) is 51.6 Å². The van der Waals surface area contributed by atoms with Crippen LogP contribution >= 0.6 is 0 Å². The van der Waals surface area contributed by atoms with Crippen LogP contribution in [-0.4, -0.2) is 41.9 Å². The molecule has 3 heteroatoms. The molecular weight excluding hydrogens is 260 g/mol. The van der Waals surface area contributed by atoms with Gasteiger partial charge in [-0.15, -0.1) is 0 Å². The van der Waals surface area contributed by atoms with E-state index in [2.05, 4.69) is 49.8 Å². The predicted molar refractivity (Wildman–Crippen MR) is 85.5 cm³/mol. The van der Waals surface area contributed by atoms with Crippen molar-refractivity contribution in [1.82, 2.24) is 9.80 Å². The lowest BCUT2D eigenvalue weighted by Gasteiger charge is -2.34. The third kappa shape index (κ3) is 2.71. The number of benzene rings is 1. The minimum Gasteiger partial charge on any atom is -0.331 e. The Morgan fingerprint density at radius 1 is 1.14 bits per heavy atom. The van der Waals surface area contributed by atoms with Crippen molar-refractivity contribution in [3.63, 3.8) is 0 Å². The van der Waals surface area contributed by atoms with Crippen molar-refractivity contribution in [1.29, 1.82) is 0 Å². The fourth-order valence-corrected chi connectivity index (χ4v) is 3.41. The molecule has 0 aromatic heterocycles. The lowest BCUT2D eigenvalue weighted by molar-refractivity contribution is 0.0617. The van der Waals surface area contributed by atoms with E-state index in [-0.39, 0.29) is 11.3 Å². The summed E-state index contributed by atoms with van der Waals surface area (Å²) in [5.41, 5.74) is 3.59. The maximum absolute atomic E-state index is 12.7. The first-order valence-corrected chi connectivity index (χ1v) is 7.99. The molecule has 0 aliphatic carbocycles. The number of hydrogen-bond acceptors (Lipinski definition) is 2. The first kappa shape index (κ1) is 14.6. The van der Waals surface area contributed by atoms with E-state index in [4.69, 9.17) is 0 Å². The molecule has 114 valence electrons. The maximum atomic E-state index is 12.7. The highest BCUT2D eigenvalue weighted by atomic mass is 16.2. The van der Waals surface area contributed by atoms with Gasteiger partial charge < -0.3 is 9.80 Å². The maximum Gasteiger partial charge on any atom is 0.254 e. The molecule has 0 N–H and O–H groups in total. The molecule has 1 saturated heterocycles. The lowest BCUT2D eigenvalue weighted by Crippen LogP contribution is -2.43. The van der Waals surface area contributed by atoms with Crippen molar-refractivity contribution < 1.29 is 4.79 Å². The molecule has 1 amide bonds. The normalized spacial score (nSPS) is 21.0. The van der Waals surface area contributed by atoms with Gasteiger partial charge in [0.2, 0.25) is 0 Å². The van der Waals surface area contributed by atoms with Crippen LogP contribution in [0.3, 0.4) is 0 Å². The second-order valence-electron chi connectivity index (χ2n) is 7.59. The van der Waals surface area contributed by atoms with Gasteiger partial charge in [-0.2, -0.15) is 0 Å². The molecule has 2 heterocycles. The summed E-state index contributed by atoms with van der Waals surface area (Å²) < 4.78 is 0. The van der Waals surface area contributed by atoms with Crippen LogP contribution in [0.5, 0.6) is 0 Å². The molecule has 0 atom stereocenters. The number of amides is 1. The van der Waals surface area contributed by atoms with Gasteiger partial charge in [-0.25, -0.2) is 0 Å². The molecule has 1 aromatic rings. The fraction of sp³-hybridized carbons (Fsp3) is 0.611. The highest BCUT2D eigenvalue weighted by molar-refractivity contribution is 5.98. The number of carbonyl (C=O) groups excluding carboxylic acids is 1. The smallest absolute Gasteiger partial charge is 0.254 e. The molecule has 0 bridgehead atoms. The van der Waals surface area contributed by atoms with E-state index in [1.165, 1.54) is 11.1 Å². The highest BCUT2D eigenvalue weighted by Gasteiger charge is 2.34. The van der Waals surface area contributed by atoms with E-state index >= 15 is 0 Å². The first-order valence-electron chi connectivity index (χ1n) is 7.99. The predicted octanol–water partition coefficient (Wildman–Crippen LogP) is 3.03. The van der Waals surface area contributed by atoms with Crippen molar-refractivity contribution in [2.75, 3.05) is 20.1 Å². The van der Waals surface area contributed by atoms with Crippen LogP contribution in [0.15, 0.2) is 18.2 Å². The second-order valence-corrected chi connectivity index (χ2v) is 7.59. The van der Waals surface area contributed by atoms with Crippen molar-refractivity contribution in [2.24, 2.45) is 0 Å². The largest absolute Gasteiger partial charge is 0.331 e. The minimum absolute atomic E-state index is 0.138. The van der Waals surface area contributed by atoms with Gasteiger partial charge in [-0.1, -0.05) is 32.9 Å².